The monoisotopic (exact) mass is 361 g/mol. The van der Waals surface area contributed by atoms with Crippen LogP contribution >= 0.6 is 0 Å². The zero-order chi connectivity index (χ0) is 19.0. The Morgan fingerprint density at radius 2 is 1.50 bits per heavy atom. The summed E-state index contributed by atoms with van der Waals surface area (Å²) in [7, 11) is 1.29. The molecule has 0 bridgehead atoms. The van der Waals surface area contributed by atoms with E-state index in [1.165, 1.54) is 31.3 Å². The van der Waals surface area contributed by atoms with Gasteiger partial charge in [-0.15, -0.1) is 0 Å². The molecular weight excluding hydrogens is 346 g/mol. The standard InChI is InChI=1S/C20H15F4NO/c1-11-14(12-4-3-5-13(21)10-12)6-7-15(22)19(11)25(2)20-16(23)8-9-17(26)18(20)24/h3-10,26H,1-2H3. The lowest BCUT2D eigenvalue weighted by atomic mass is 9.98. The molecule has 0 aliphatic carbocycles. The third kappa shape index (κ3) is 2.98. The van der Waals surface area contributed by atoms with E-state index in [1.807, 2.05) is 0 Å². The number of benzene rings is 3. The predicted molar refractivity (Wildman–Crippen MR) is 92.6 cm³/mol. The van der Waals surface area contributed by atoms with Crippen LogP contribution in [0.25, 0.3) is 11.1 Å². The highest BCUT2D eigenvalue weighted by molar-refractivity contribution is 5.78. The van der Waals surface area contributed by atoms with Crippen LogP contribution in [-0.4, -0.2) is 12.2 Å². The zero-order valence-electron chi connectivity index (χ0n) is 14.0. The van der Waals surface area contributed by atoms with Gasteiger partial charge in [-0.25, -0.2) is 17.6 Å². The fourth-order valence-electron chi connectivity index (χ4n) is 3.00. The topological polar surface area (TPSA) is 23.5 Å². The average molecular weight is 361 g/mol. The van der Waals surface area contributed by atoms with Gasteiger partial charge in [0.15, 0.2) is 11.6 Å². The SMILES string of the molecule is Cc1c(-c2cccc(F)c2)ccc(F)c1N(C)c1c(F)ccc(O)c1F. The van der Waals surface area contributed by atoms with Crippen LogP contribution in [-0.2, 0) is 0 Å². The zero-order valence-corrected chi connectivity index (χ0v) is 14.0. The van der Waals surface area contributed by atoms with Crippen LogP contribution in [0, 0.1) is 30.2 Å². The third-order valence-electron chi connectivity index (χ3n) is 4.23. The normalized spacial score (nSPS) is 10.8. The van der Waals surface area contributed by atoms with Crippen LogP contribution in [0.15, 0.2) is 48.5 Å². The first-order valence-electron chi connectivity index (χ1n) is 7.77. The Balaban J connectivity index is 2.20. The maximum Gasteiger partial charge on any atom is 0.191 e. The summed E-state index contributed by atoms with van der Waals surface area (Å²) in [6, 6.07) is 10.2. The highest BCUT2D eigenvalue weighted by atomic mass is 19.1. The molecule has 0 saturated heterocycles. The first-order chi connectivity index (χ1) is 12.3. The minimum atomic E-state index is -1.19. The molecule has 0 radical (unpaired) electrons. The van der Waals surface area contributed by atoms with E-state index in [-0.39, 0.29) is 5.69 Å². The van der Waals surface area contributed by atoms with Gasteiger partial charge in [0.1, 0.15) is 23.1 Å². The van der Waals surface area contributed by atoms with Crippen LogP contribution in [0.1, 0.15) is 5.56 Å². The second-order valence-electron chi connectivity index (χ2n) is 5.87. The molecule has 0 atom stereocenters. The van der Waals surface area contributed by atoms with E-state index < -0.39 is 34.7 Å². The van der Waals surface area contributed by atoms with Gasteiger partial charge in [-0.3, -0.25) is 0 Å². The number of phenolic OH excluding ortho intramolecular Hbond substituents is 1. The Morgan fingerprint density at radius 1 is 0.846 bits per heavy atom. The van der Waals surface area contributed by atoms with Gasteiger partial charge in [0, 0.05) is 7.05 Å². The maximum absolute atomic E-state index is 14.5. The molecule has 0 aromatic heterocycles. The Labute approximate surface area is 147 Å². The van der Waals surface area contributed by atoms with Crippen LogP contribution < -0.4 is 4.90 Å². The van der Waals surface area contributed by atoms with Crippen molar-refractivity contribution >= 4 is 11.4 Å². The fraction of sp³-hybridized carbons (Fsp3) is 0.100. The van der Waals surface area contributed by atoms with Crippen molar-refractivity contribution in [2.45, 2.75) is 6.92 Å². The lowest BCUT2D eigenvalue weighted by Gasteiger charge is -2.25. The first-order valence-corrected chi connectivity index (χ1v) is 7.77. The highest BCUT2D eigenvalue weighted by Crippen LogP contribution is 2.39. The number of hydrogen-bond acceptors (Lipinski definition) is 2. The van der Waals surface area contributed by atoms with Crippen molar-refractivity contribution in [1.29, 1.82) is 0 Å². The largest absolute Gasteiger partial charge is 0.505 e. The lowest BCUT2D eigenvalue weighted by Crippen LogP contribution is -2.16. The molecule has 1 N–H and O–H groups in total. The smallest absolute Gasteiger partial charge is 0.191 e. The molecule has 0 aliphatic rings. The van der Waals surface area contributed by atoms with E-state index in [0.29, 0.717) is 16.7 Å². The number of anilines is 2. The van der Waals surface area contributed by atoms with Crippen molar-refractivity contribution in [3.05, 3.63) is 77.4 Å². The van der Waals surface area contributed by atoms with E-state index >= 15 is 0 Å². The van der Waals surface area contributed by atoms with Crippen molar-refractivity contribution in [2.24, 2.45) is 0 Å². The van der Waals surface area contributed by atoms with Gasteiger partial charge in [-0.2, -0.15) is 0 Å². The van der Waals surface area contributed by atoms with Gasteiger partial charge >= 0.3 is 0 Å². The van der Waals surface area contributed by atoms with Crippen LogP contribution in [0.3, 0.4) is 0 Å². The minimum Gasteiger partial charge on any atom is -0.505 e. The summed E-state index contributed by atoms with van der Waals surface area (Å²) >= 11 is 0. The molecule has 6 heteroatoms. The number of hydrogen-bond donors (Lipinski definition) is 1. The Kier molecular flexibility index (Phi) is 4.59. The molecule has 0 spiro atoms. The summed E-state index contributed by atoms with van der Waals surface area (Å²) in [5, 5.41) is 9.52. The second kappa shape index (κ2) is 6.71. The molecule has 3 aromatic carbocycles. The van der Waals surface area contributed by atoms with Gasteiger partial charge < -0.3 is 10.0 Å². The average Bonchev–Trinajstić information content (AvgIpc) is 2.58. The third-order valence-corrected chi connectivity index (χ3v) is 4.23. The van der Waals surface area contributed by atoms with Crippen LogP contribution in [0.5, 0.6) is 5.75 Å². The van der Waals surface area contributed by atoms with Gasteiger partial charge in [-0.1, -0.05) is 18.2 Å². The molecule has 0 saturated carbocycles. The molecule has 2 nitrogen and oxygen atoms in total. The molecule has 26 heavy (non-hydrogen) atoms. The minimum absolute atomic E-state index is 0.0739. The molecule has 0 fully saturated rings. The molecule has 134 valence electrons. The summed E-state index contributed by atoms with van der Waals surface area (Å²) in [5.74, 6) is -4.04. The number of nitrogens with zero attached hydrogens (tertiary/aromatic N) is 1. The molecule has 3 aromatic rings. The number of aromatic hydroxyl groups is 1. The molecular formula is C20H15F4NO. The summed E-state index contributed by atoms with van der Waals surface area (Å²) in [5.41, 5.74) is 0.751. The first kappa shape index (κ1) is 17.8. The maximum atomic E-state index is 14.5. The number of rotatable bonds is 3. The Morgan fingerprint density at radius 3 is 2.19 bits per heavy atom. The number of halogens is 4. The number of phenols is 1. The second-order valence-corrected chi connectivity index (χ2v) is 5.87. The molecule has 3 rings (SSSR count). The summed E-state index contributed by atoms with van der Waals surface area (Å²) < 4.78 is 56.4. The lowest BCUT2D eigenvalue weighted by molar-refractivity contribution is 0.428. The fourth-order valence-corrected chi connectivity index (χ4v) is 3.00. The Bertz CT molecular complexity index is 988. The molecule has 0 amide bonds. The van der Waals surface area contributed by atoms with Gasteiger partial charge in [-0.05, 0) is 53.9 Å². The highest BCUT2D eigenvalue weighted by Gasteiger charge is 2.23. The molecule has 0 aliphatic heterocycles. The van der Waals surface area contributed by atoms with E-state index in [0.717, 1.165) is 23.1 Å². The van der Waals surface area contributed by atoms with Crippen molar-refractivity contribution in [3.63, 3.8) is 0 Å². The summed E-state index contributed by atoms with van der Waals surface area (Å²) in [4.78, 5) is 0.998. The van der Waals surface area contributed by atoms with E-state index in [2.05, 4.69) is 0 Å². The van der Waals surface area contributed by atoms with Crippen molar-refractivity contribution < 1.29 is 22.7 Å². The van der Waals surface area contributed by atoms with E-state index in [4.69, 9.17) is 0 Å². The summed E-state index contributed by atoms with van der Waals surface area (Å²) in [6.07, 6.45) is 0. The van der Waals surface area contributed by atoms with Crippen LogP contribution in [0.4, 0.5) is 28.9 Å². The molecule has 0 unspecified atom stereocenters. The van der Waals surface area contributed by atoms with Gasteiger partial charge in [0.05, 0.1) is 5.69 Å². The van der Waals surface area contributed by atoms with E-state index in [1.54, 1.807) is 13.0 Å². The summed E-state index contributed by atoms with van der Waals surface area (Å²) in [6.45, 7) is 1.58. The van der Waals surface area contributed by atoms with Crippen molar-refractivity contribution in [2.75, 3.05) is 11.9 Å². The predicted octanol–water partition coefficient (Wildman–Crippen LogP) is 5.69. The van der Waals surface area contributed by atoms with E-state index in [9.17, 15) is 22.7 Å². The van der Waals surface area contributed by atoms with Crippen LogP contribution in [0.2, 0.25) is 0 Å². The van der Waals surface area contributed by atoms with Crippen molar-refractivity contribution in [1.82, 2.24) is 0 Å². The Hall–Kier alpha value is -3.02. The van der Waals surface area contributed by atoms with Gasteiger partial charge in [0.25, 0.3) is 0 Å². The quantitative estimate of drug-likeness (QED) is 0.606. The van der Waals surface area contributed by atoms with Crippen molar-refractivity contribution in [3.8, 4) is 16.9 Å². The van der Waals surface area contributed by atoms with Gasteiger partial charge in [0.2, 0.25) is 0 Å². The molecule has 0 heterocycles.